The van der Waals surface area contributed by atoms with Crippen molar-refractivity contribution in [3.8, 4) is 0 Å². The molecule has 20 unspecified atom stereocenters. The van der Waals surface area contributed by atoms with Crippen LogP contribution in [0.5, 0.6) is 0 Å². The first-order valence-corrected chi connectivity index (χ1v) is 19.6. The number of ether oxygens (including phenoxy) is 5. The maximum Gasteiger partial charge on any atom is 0.187 e. The summed E-state index contributed by atoms with van der Waals surface area (Å²) in [7, 11) is 1.35. The standard InChI is InChI=1S/C38H66O14/c1-18(2)24(50-34-31(29(45)25(16-39)51-34)52-33-30(48-6)28(44)23(42)17-49-33)8-7-19(3)21-13-22(41)32-35(21,4)11-10-26-36(5)12-9-20(40)14-38(36,47)27(43)15-37(26,32)46/h18-34,39-47H,7-17H2,1-6H3. The largest absolute Gasteiger partial charge is 0.394 e. The Hall–Kier alpha value is -0.560. The summed E-state index contributed by atoms with van der Waals surface area (Å²) in [6.07, 6.45) is -7.77. The lowest BCUT2D eigenvalue weighted by molar-refractivity contribution is -0.315. The van der Waals surface area contributed by atoms with Crippen LogP contribution in [0.25, 0.3) is 0 Å². The highest BCUT2D eigenvalue weighted by molar-refractivity contribution is 5.24. The number of methoxy groups -OCH3 is 1. The van der Waals surface area contributed by atoms with Crippen LogP contribution in [-0.4, -0.2) is 151 Å². The summed E-state index contributed by atoms with van der Waals surface area (Å²) in [5.41, 5.74) is -4.09. The molecule has 2 aliphatic heterocycles. The van der Waals surface area contributed by atoms with E-state index in [2.05, 4.69) is 13.8 Å². The number of fused-ring (bicyclic) bond motifs is 5. The first-order valence-electron chi connectivity index (χ1n) is 19.6. The molecule has 2 saturated heterocycles. The average molecular weight is 747 g/mol. The van der Waals surface area contributed by atoms with Gasteiger partial charge in [0.25, 0.3) is 0 Å². The molecule has 0 aromatic heterocycles. The van der Waals surface area contributed by atoms with E-state index in [1.165, 1.54) is 7.11 Å². The molecule has 6 fully saturated rings. The Morgan fingerprint density at radius 3 is 2.21 bits per heavy atom. The molecule has 6 aliphatic rings. The quantitative estimate of drug-likeness (QED) is 0.138. The summed E-state index contributed by atoms with van der Waals surface area (Å²) in [4.78, 5) is 0. The average Bonchev–Trinajstić information content (AvgIpc) is 3.53. The molecule has 0 bridgehead atoms. The normalized spacial score (nSPS) is 53.3. The number of hydrogen-bond donors (Lipinski definition) is 9. The summed E-state index contributed by atoms with van der Waals surface area (Å²) in [5.74, 6) is -0.584. The van der Waals surface area contributed by atoms with Gasteiger partial charge in [0.15, 0.2) is 12.6 Å². The van der Waals surface area contributed by atoms with E-state index < -0.39 is 102 Å². The van der Waals surface area contributed by atoms with Gasteiger partial charge in [-0.3, -0.25) is 0 Å². The van der Waals surface area contributed by atoms with E-state index in [0.29, 0.717) is 32.1 Å². The van der Waals surface area contributed by atoms with E-state index in [4.69, 9.17) is 23.7 Å². The number of rotatable bonds is 11. The minimum Gasteiger partial charge on any atom is -0.394 e. The van der Waals surface area contributed by atoms with E-state index in [0.717, 1.165) is 12.8 Å². The van der Waals surface area contributed by atoms with Gasteiger partial charge >= 0.3 is 0 Å². The van der Waals surface area contributed by atoms with Crippen molar-refractivity contribution < 1.29 is 69.6 Å². The first-order chi connectivity index (χ1) is 24.4. The van der Waals surface area contributed by atoms with E-state index >= 15 is 0 Å². The Labute approximate surface area is 307 Å². The Balaban J connectivity index is 1.14. The zero-order valence-corrected chi connectivity index (χ0v) is 31.7. The van der Waals surface area contributed by atoms with E-state index in [1.54, 1.807) is 0 Å². The molecule has 52 heavy (non-hydrogen) atoms. The minimum atomic E-state index is -1.50. The topological polar surface area (TPSA) is 228 Å². The van der Waals surface area contributed by atoms with Crippen molar-refractivity contribution in [1.29, 1.82) is 0 Å². The summed E-state index contributed by atoms with van der Waals surface area (Å²) in [5, 5.41) is 99.6. The van der Waals surface area contributed by atoms with E-state index in [1.807, 2.05) is 20.8 Å². The van der Waals surface area contributed by atoms with Gasteiger partial charge in [-0.2, -0.15) is 0 Å². The van der Waals surface area contributed by atoms with Crippen LogP contribution >= 0.6 is 0 Å². The second-order valence-electron chi connectivity index (χ2n) is 18.2. The van der Waals surface area contributed by atoms with Gasteiger partial charge in [-0.15, -0.1) is 0 Å². The fourth-order valence-corrected chi connectivity index (χ4v) is 12.1. The number of aliphatic hydroxyl groups is 9. The fraction of sp³-hybridized carbons (Fsp3) is 1.00. The van der Waals surface area contributed by atoms with Crippen LogP contribution in [0.2, 0.25) is 0 Å². The number of hydrogen-bond acceptors (Lipinski definition) is 14. The van der Waals surface area contributed by atoms with Crippen LogP contribution in [-0.2, 0) is 23.7 Å². The summed E-state index contributed by atoms with van der Waals surface area (Å²) >= 11 is 0. The first kappa shape index (κ1) is 41.1. The highest BCUT2D eigenvalue weighted by Crippen LogP contribution is 2.70. The van der Waals surface area contributed by atoms with Crippen molar-refractivity contribution in [2.75, 3.05) is 20.3 Å². The SMILES string of the molecule is COC1C(OC2C(OC(CCC(C)C3CC(O)C4C3(C)CCC3C4(O)CC(O)C4(O)CC(O)CCC34C)C(C)C)OC(CO)C2O)OCC(O)C1O. The molecule has 0 spiro atoms. The van der Waals surface area contributed by atoms with Crippen molar-refractivity contribution in [3.05, 3.63) is 0 Å². The van der Waals surface area contributed by atoms with E-state index in [9.17, 15) is 46.0 Å². The molecule has 14 nitrogen and oxygen atoms in total. The fourth-order valence-electron chi connectivity index (χ4n) is 12.1. The highest BCUT2D eigenvalue weighted by atomic mass is 16.8. The third-order valence-corrected chi connectivity index (χ3v) is 15.0. The van der Waals surface area contributed by atoms with Gasteiger partial charge < -0.3 is 69.6 Å². The maximum absolute atomic E-state index is 12.6. The lowest BCUT2D eigenvalue weighted by atomic mass is 9.40. The second kappa shape index (κ2) is 15.1. The van der Waals surface area contributed by atoms with E-state index in [-0.39, 0.29) is 49.2 Å². The molecule has 9 N–H and O–H groups in total. The van der Waals surface area contributed by atoms with Crippen molar-refractivity contribution in [1.82, 2.24) is 0 Å². The molecule has 14 heteroatoms. The predicted molar refractivity (Wildman–Crippen MR) is 184 cm³/mol. The molecule has 0 aromatic rings. The molecular formula is C38H66O14. The summed E-state index contributed by atoms with van der Waals surface area (Å²) in [6, 6.07) is 0. The van der Waals surface area contributed by atoms with Crippen LogP contribution < -0.4 is 0 Å². The molecular weight excluding hydrogens is 680 g/mol. The molecule has 0 radical (unpaired) electrons. The Morgan fingerprint density at radius 2 is 1.56 bits per heavy atom. The van der Waals surface area contributed by atoms with Gasteiger partial charge in [-0.25, -0.2) is 0 Å². The lowest BCUT2D eigenvalue weighted by Gasteiger charge is -2.68. The lowest BCUT2D eigenvalue weighted by Crippen LogP contribution is -2.75. The molecule has 2 heterocycles. The van der Waals surface area contributed by atoms with Crippen LogP contribution in [0, 0.1) is 40.4 Å². The molecule has 20 atom stereocenters. The van der Waals surface area contributed by atoms with Crippen LogP contribution in [0.1, 0.15) is 92.4 Å². The third-order valence-electron chi connectivity index (χ3n) is 15.0. The van der Waals surface area contributed by atoms with Crippen molar-refractivity contribution in [2.45, 2.75) is 177 Å². The second-order valence-corrected chi connectivity index (χ2v) is 18.2. The zero-order chi connectivity index (χ0) is 38.1. The maximum atomic E-state index is 12.6. The van der Waals surface area contributed by atoms with Crippen molar-refractivity contribution in [2.24, 2.45) is 40.4 Å². The highest BCUT2D eigenvalue weighted by Gasteiger charge is 2.74. The van der Waals surface area contributed by atoms with Crippen LogP contribution in [0.4, 0.5) is 0 Å². The van der Waals surface area contributed by atoms with Gasteiger partial charge in [0.1, 0.15) is 36.6 Å². The Bertz CT molecular complexity index is 1230. The molecule has 4 saturated carbocycles. The van der Waals surface area contributed by atoms with Gasteiger partial charge in [0, 0.05) is 31.3 Å². The minimum absolute atomic E-state index is 0.0299. The van der Waals surface area contributed by atoms with Crippen LogP contribution in [0.15, 0.2) is 0 Å². The van der Waals surface area contributed by atoms with Gasteiger partial charge in [0.2, 0.25) is 0 Å². The molecule has 0 aromatic carbocycles. The molecule has 0 amide bonds. The molecule has 6 rings (SSSR count). The van der Waals surface area contributed by atoms with Crippen LogP contribution in [0.3, 0.4) is 0 Å². The smallest absolute Gasteiger partial charge is 0.187 e. The van der Waals surface area contributed by atoms with Gasteiger partial charge in [-0.05, 0) is 74.0 Å². The van der Waals surface area contributed by atoms with Crippen molar-refractivity contribution >= 4 is 0 Å². The number of aliphatic hydroxyl groups excluding tert-OH is 7. The predicted octanol–water partition coefficient (Wildman–Crippen LogP) is 0.192. The summed E-state index contributed by atoms with van der Waals surface area (Å²) < 4.78 is 29.5. The van der Waals surface area contributed by atoms with Crippen molar-refractivity contribution in [3.63, 3.8) is 0 Å². The molecule has 4 aliphatic carbocycles. The van der Waals surface area contributed by atoms with Gasteiger partial charge in [-0.1, -0.05) is 34.6 Å². The Morgan fingerprint density at radius 1 is 0.846 bits per heavy atom. The summed E-state index contributed by atoms with van der Waals surface area (Å²) in [6.45, 7) is 9.67. The zero-order valence-electron chi connectivity index (χ0n) is 31.7. The third kappa shape index (κ3) is 6.61. The monoisotopic (exact) mass is 746 g/mol. The Kier molecular flexibility index (Phi) is 11.9. The molecule has 302 valence electrons. The van der Waals surface area contributed by atoms with Gasteiger partial charge in [0.05, 0.1) is 48.8 Å².